The summed E-state index contributed by atoms with van der Waals surface area (Å²) in [6.45, 7) is 3.79. The first kappa shape index (κ1) is 14.0. The van der Waals surface area contributed by atoms with Crippen molar-refractivity contribution in [3.63, 3.8) is 0 Å². The van der Waals surface area contributed by atoms with Crippen LogP contribution in [0.15, 0.2) is 46.9 Å². The molecule has 0 amide bonds. The van der Waals surface area contributed by atoms with Crippen molar-refractivity contribution in [3.05, 3.63) is 58.3 Å². The summed E-state index contributed by atoms with van der Waals surface area (Å²) in [4.78, 5) is 0. The summed E-state index contributed by atoms with van der Waals surface area (Å²) in [6, 6.07) is 12.2. The number of ether oxygens (including phenoxy) is 1. The van der Waals surface area contributed by atoms with Gasteiger partial charge in [-0.3, -0.25) is 0 Å². The highest BCUT2D eigenvalue weighted by atomic mass is 79.9. The molecule has 19 heavy (non-hydrogen) atoms. The van der Waals surface area contributed by atoms with E-state index < -0.39 is 0 Å². The third kappa shape index (κ3) is 4.04. The maximum absolute atomic E-state index is 13.0. The van der Waals surface area contributed by atoms with Crippen molar-refractivity contribution in [2.24, 2.45) is 0 Å². The van der Waals surface area contributed by atoms with Crippen molar-refractivity contribution in [1.82, 2.24) is 5.32 Å². The van der Waals surface area contributed by atoms with E-state index in [-0.39, 0.29) is 5.82 Å². The van der Waals surface area contributed by atoms with Gasteiger partial charge in [-0.05, 0) is 58.4 Å². The Hall–Kier alpha value is -1.39. The van der Waals surface area contributed by atoms with Gasteiger partial charge in [-0.1, -0.05) is 19.1 Å². The molecule has 4 heteroatoms. The Balaban J connectivity index is 2.14. The SMILES string of the molecule is CCNCc1cccc(Oc2ccc(F)cc2Br)c1. The number of hydrogen-bond acceptors (Lipinski definition) is 2. The van der Waals surface area contributed by atoms with Gasteiger partial charge in [-0.15, -0.1) is 0 Å². The molecule has 2 nitrogen and oxygen atoms in total. The van der Waals surface area contributed by atoms with E-state index in [1.165, 1.54) is 12.1 Å². The van der Waals surface area contributed by atoms with Crippen LogP contribution in [0.5, 0.6) is 11.5 Å². The Morgan fingerprint density at radius 1 is 1.21 bits per heavy atom. The van der Waals surface area contributed by atoms with E-state index in [4.69, 9.17) is 4.74 Å². The first-order chi connectivity index (χ1) is 9.19. The molecule has 0 fully saturated rings. The zero-order valence-electron chi connectivity index (χ0n) is 10.6. The summed E-state index contributed by atoms with van der Waals surface area (Å²) >= 11 is 3.29. The highest BCUT2D eigenvalue weighted by Gasteiger charge is 2.04. The Morgan fingerprint density at radius 2 is 2.05 bits per heavy atom. The lowest BCUT2D eigenvalue weighted by Gasteiger charge is -2.09. The molecule has 0 aromatic heterocycles. The van der Waals surface area contributed by atoms with Crippen LogP contribution in [0.2, 0.25) is 0 Å². The normalized spacial score (nSPS) is 10.5. The zero-order chi connectivity index (χ0) is 13.7. The van der Waals surface area contributed by atoms with Crippen LogP contribution < -0.4 is 10.1 Å². The molecule has 0 radical (unpaired) electrons. The lowest BCUT2D eigenvalue weighted by Crippen LogP contribution is -2.11. The summed E-state index contributed by atoms with van der Waals surface area (Å²) in [5.74, 6) is 1.05. The number of nitrogens with one attached hydrogen (secondary N) is 1. The molecule has 0 spiro atoms. The van der Waals surface area contributed by atoms with Crippen LogP contribution >= 0.6 is 15.9 Å². The van der Waals surface area contributed by atoms with Crippen LogP contribution in [0, 0.1) is 5.82 Å². The molecule has 0 unspecified atom stereocenters. The van der Waals surface area contributed by atoms with Crippen molar-refractivity contribution < 1.29 is 9.13 Å². The smallest absolute Gasteiger partial charge is 0.141 e. The number of halogens is 2. The van der Waals surface area contributed by atoms with Gasteiger partial charge in [0, 0.05) is 6.54 Å². The molecular formula is C15H15BrFNO. The predicted molar refractivity (Wildman–Crippen MR) is 78.0 cm³/mol. The first-order valence-corrected chi connectivity index (χ1v) is 6.91. The molecule has 0 heterocycles. The monoisotopic (exact) mass is 323 g/mol. The molecule has 2 aromatic rings. The second-order valence-electron chi connectivity index (χ2n) is 4.10. The molecule has 2 aromatic carbocycles. The minimum absolute atomic E-state index is 0.292. The minimum atomic E-state index is -0.292. The van der Waals surface area contributed by atoms with Gasteiger partial charge in [0.2, 0.25) is 0 Å². The van der Waals surface area contributed by atoms with Crippen LogP contribution in [-0.2, 0) is 6.54 Å². The second-order valence-corrected chi connectivity index (χ2v) is 4.96. The minimum Gasteiger partial charge on any atom is -0.456 e. The average Bonchev–Trinajstić information content (AvgIpc) is 2.40. The maximum atomic E-state index is 13.0. The van der Waals surface area contributed by atoms with E-state index in [2.05, 4.69) is 28.2 Å². The molecule has 0 aliphatic heterocycles. The van der Waals surface area contributed by atoms with E-state index in [0.29, 0.717) is 10.2 Å². The fourth-order valence-corrected chi connectivity index (χ4v) is 2.11. The van der Waals surface area contributed by atoms with Gasteiger partial charge in [0.05, 0.1) is 4.47 Å². The van der Waals surface area contributed by atoms with Gasteiger partial charge in [0.1, 0.15) is 17.3 Å². The Morgan fingerprint density at radius 3 is 2.79 bits per heavy atom. The van der Waals surface area contributed by atoms with Crippen LogP contribution in [0.4, 0.5) is 4.39 Å². The fourth-order valence-electron chi connectivity index (χ4n) is 1.67. The molecule has 0 bridgehead atoms. The number of benzene rings is 2. The summed E-state index contributed by atoms with van der Waals surface area (Å²) in [5, 5.41) is 3.26. The second kappa shape index (κ2) is 6.68. The molecule has 1 N–H and O–H groups in total. The highest BCUT2D eigenvalue weighted by molar-refractivity contribution is 9.10. The molecular weight excluding hydrogens is 309 g/mol. The van der Waals surface area contributed by atoms with Crippen molar-refractivity contribution >= 4 is 15.9 Å². The van der Waals surface area contributed by atoms with Crippen molar-refractivity contribution in [1.29, 1.82) is 0 Å². The maximum Gasteiger partial charge on any atom is 0.141 e. The van der Waals surface area contributed by atoms with Crippen LogP contribution in [-0.4, -0.2) is 6.54 Å². The van der Waals surface area contributed by atoms with E-state index in [9.17, 15) is 4.39 Å². The molecule has 0 atom stereocenters. The molecule has 2 rings (SSSR count). The van der Waals surface area contributed by atoms with Crippen molar-refractivity contribution in [2.45, 2.75) is 13.5 Å². The van der Waals surface area contributed by atoms with Crippen molar-refractivity contribution in [3.8, 4) is 11.5 Å². The zero-order valence-corrected chi connectivity index (χ0v) is 12.2. The van der Waals surface area contributed by atoms with Gasteiger partial charge in [-0.2, -0.15) is 0 Å². The molecule has 0 aliphatic rings. The Bertz CT molecular complexity index is 560. The van der Waals surface area contributed by atoms with Gasteiger partial charge in [0.25, 0.3) is 0 Å². The van der Waals surface area contributed by atoms with E-state index >= 15 is 0 Å². The van der Waals surface area contributed by atoms with Crippen molar-refractivity contribution in [2.75, 3.05) is 6.54 Å². The van der Waals surface area contributed by atoms with Gasteiger partial charge >= 0.3 is 0 Å². The molecule has 100 valence electrons. The summed E-state index contributed by atoms with van der Waals surface area (Å²) in [7, 11) is 0. The third-order valence-corrected chi connectivity index (χ3v) is 3.22. The quantitative estimate of drug-likeness (QED) is 0.875. The van der Waals surface area contributed by atoms with Gasteiger partial charge in [-0.25, -0.2) is 4.39 Å². The predicted octanol–water partition coefficient (Wildman–Crippen LogP) is 4.49. The van der Waals surface area contributed by atoms with Crippen LogP contribution in [0.3, 0.4) is 0 Å². The Labute approximate surface area is 120 Å². The number of hydrogen-bond donors (Lipinski definition) is 1. The highest BCUT2D eigenvalue weighted by Crippen LogP contribution is 2.30. The Kier molecular flexibility index (Phi) is 4.93. The summed E-state index contributed by atoms with van der Waals surface area (Å²) < 4.78 is 19.3. The fraction of sp³-hybridized carbons (Fsp3) is 0.200. The van der Waals surface area contributed by atoms with Gasteiger partial charge in [0.15, 0.2) is 0 Å². The molecule has 0 saturated heterocycles. The van der Waals surface area contributed by atoms with E-state index in [1.54, 1.807) is 6.07 Å². The van der Waals surface area contributed by atoms with E-state index in [0.717, 1.165) is 24.4 Å². The molecule has 0 aliphatic carbocycles. The lowest BCUT2D eigenvalue weighted by atomic mass is 10.2. The topological polar surface area (TPSA) is 21.3 Å². The average molecular weight is 324 g/mol. The first-order valence-electron chi connectivity index (χ1n) is 6.11. The standard InChI is InChI=1S/C15H15BrFNO/c1-2-18-10-11-4-3-5-13(8-11)19-15-7-6-12(17)9-14(15)16/h3-9,18H,2,10H2,1H3. The molecule has 0 saturated carbocycles. The lowest BCUT2D eigenvalue weighted by molar-refractivity contribution is 0.476. The van der Waals surface area contributed by atoms with Crippen LogP contribution in [0.1, 0.15) is 12.5 Å². The van der Waals surface area contributed by atoms with E-state index in [1.807, 2.05) is 24.3 Å². The van der Waals surface area contributed by atoms with Crippen LogP contribution in [0.25, 0.3) is 0 Å². The summed E-state index contributed by atoms with van der Waals surface area (Å²) in [5.41, 5.74) is 1.15. The third-order valence-electron chi connectivity index (χ3n) is 2.60. The number of rotatable bonds is 5. The largest absolute Gasteiger partial charge is 0.456 e. The van der Waals surface area contributed by atoms with Gasteiger partial charge < -0.3 is 10.1 Å². The summed E-state index contributed by atoms with van der Waals surface area (Å²) in [6.07, 6.45) is 0.